The molecule has 0 aromatic carbocycles. The van der Waals surface area contributed by atoms with Crippen LogP contribution in [0, 0.1) is 5.92 Å². The Morgan fingerprint density at radius 2 is 2.38 bits per heavy atom. The van der Waals surface area contributed by atoms with E-state index in [0.717, 1.165) is 11.2 Å². The molecule has 0 spiro atoms. The Balaban J connectivity index is 1.56. The second kappa shape index (κ2) is 6.87. The average Bonchev–Trinajstić information content (AvgIpc) is 2.30. The zero-order valence-corrected chi connectivity index (χ0v) is 11.4. The highest BCUT2D eigenvalue weighted by Crippen LogP contribution is 2.20. The molecule has 2 atom stereocenters. The Labute approximate surface area is 105 Å². The van der Waals surface area contributed by atoms with Crippen LogP contribution in [0.5, 0.6) is 0 Å². The van der Waals surface area contributed by atoms with Crippen molar-refractivity contribution in [3.63, 3.8) is 0 Å². The number of hydrogen-bond donors (Lipinski definition) is 1. The van der Waals surface area contributed by atoms with Gasteiger partial charge in [0.05, 0.1) is 0 Å². The summed E-state index contributed by atoms with van der Waals surface area (Å²) < 4.78 is 0. The maximum absolute atomic E-state index is 3.51. The second-order valence-electron chi connectivity index (χ2n) is 5.34. The van der Waals surface area contributed by atoms with Crippen LogP contribution in [0.25, 0.3) is 0 Å². The van der Waals surface area contributed by atoms with Gasteiger partial charge in [-0.3, -0.25) is 0 Å². The lowest BCUT2D eigenvalue weighted by Crippen LogP contribution is -2.37. The fourth-order valence-electron chi connectivity index (χ4n) is 2.87. The molecule has 2 saturated heterocycles. The first-order valence-corrected chi connectivity index (χ1v) is 7.94. The molecule has 0 saturated carbocycles. The summed E-state index contributed by atoms with van der Waals surface area (Å²) in [7, 11) is 0. The summed E-state index contributed by atoms with van der Waals surface area (Å²) in [6.07, 6.45) is 5.69. The molecule has 2 unspecified atom stereocenters. The molecule has 0 aromatic heterocycles. The van der Waals surface area contributed by atoms with Crippen LogP contribution in [0.2, 0.25) is 0 Å². The summed E-state index contributed by atoms with van der Waals surface area (Å²) in [4.78, 5) is 2.66. The monoisotopic (exact) mass is 242 g/mol. The number of thioether (sulfide) groups is 1. The van der Waals surface area contributed by atoms with Crippen molar-refractivity contribution >= 4 is 11.8 Å². The minimum absolute atomic E-state index is 0.852. The zero-order chi connectivity index (χ0) is 11.2. The molecular weight excluding hydrogens is 216 g/mol. The zero-order valence-electron chi connectivity index (χ0n) is 10.6. The largest absolute Gasteiger partial charge is 0.316 e. The molecular formula is C13H26N2S. The van der Waals surface area contributed by atoms with Crippen molar-refractivity contribution in [2.75, 3.05) is 38.5 Å². The van der Waals surface area contributed by atoms with Gasteiger partial charge < -0.3 is 10.2 Å². The van der Waals surface area contributed by atoms with Crippen molar-refractivity contribution in [2.24, 2.45) is 5.92 Å². The fourth-order valence-corrected chi connectivity index (χ4v) is 3.95. The van der Waals surface area contributed by atoms with E-state index in [1.165, 1.54) is 64.2 Å². The topological polar surface area (TPSA) is 15.3 Å². The second-order valence-corrected chi connectivity index (χ2v) is 6.88. The highest BCUT2D eigenvalue weighted by atomic mass is 32.2. The van der Waals surface area contributed by atoms with E-state index in [0.29, 0.717) is 0 Å². The van der Waals surface area contributed by atoms with Crippen molar-refractivity contribution < 1.29 is 0 Å². The molecule has 0 amide bonds. The van der Waals surface area contributed by atoms with Crippen LogP contribution >= 0.6 is 11.8 Å². The van der Waals surface area contributed by atoms with E-state index in [1.807, 2.05) is 0 Å². The third-order valence-corrected chi connectivity index (χ3v) is 4.95. The lowest BCUT2D eigenvalue weighted by Gasteiger charge is -2.31. The molecule has 1 N–H and O–H groups in total. The van der Waals surface area contributed by atoms with Crippen LogP contribution in [0.1, 0.15) is 32.6 Å². The first-order valence-electron chi connectivity index (χ1n) is 6.89. The maximum atomic E-state index is 3.51. The number of nitrogens with one attached hydrogen (secondary N) is 1. The molecule has 2 heterocycles. The molecule has 3 heteroatoms. The molecule has 16 heavy (non-hydrogen) atoms. The van der Waals surface area contributed by atoms with Gasteiger partial charge in [0.25, 0.3) is 0 Å². The van der Waals surface area contributed by atoms with Crippen LogP contribution < -0.4 is 5.32 Å². The standard InChI is InChI=1S/C13H26N2S/c1-12-11-15(8-9-16-12)7-3-5-13-4-2-6-14-10-13/h12-14H,2-11H2,1H3. The van der Waals surface area contributed by atoms with E-state index in [1.54, 1.807) is 0 Å². The first kappa shape index (κ1) is 12.7. The maximum Gasteiger partial charge on any atom is 0.0147 e. The first-order chi connectivity index (χ1) is 7.84. The van der Waals surface area contributed by atoms with Gasteiger partial charge in [0.15, 0.2) is 0 Å². The SMILES string of the molecule is CC1CN(CCCC2CCCNC2)CCS1. The summed E-state index contributed by atoms with van der Waals surface area (Å²) in [5, 5.41) is 4.37. The van der Waals surface area contributed by atoms with Crippen molar-refractivity contribution in [1.82, 2.24) is 10.2 Å². The third kappa shape index (κ3) is 4.27. The van der Waals surface area contributed by atoms with Gasteiger partial charge in [0.1, 0.15) is 0 Å². The third-order valence-electron chi connectivity index (χ3n) is 3.81. The Morgan fingerprint density at radius 3 is 3.12 bits per heavy atom. The van der Waals surface area contributed by atoms with Gasteiger partial charge in [-0.05, 0) is 51.2 Å². The molecule has 0 bridgehead atoms. The molecule has 2 nitrogen and oxygen atoms in total. The summed E-state index contributed by atoms with van der Waals surface area (Å²) in [5.74, 6) is 2.30. The van der Waals surface area contributed by atoms with Crippen LogP contribution in [0.4, 0.5) is 0 Å². The summed E-state index contributed by atoms with van der Waals surface area (Å²) in [6, 6.07) is 0. The Hall–Kier alpha value is 0.270. The smallest absolute Gasteiger partial charge is 0.0147 e. The van der Waals surface area contributed by atoms with Crippen LogP contribution in [-0.2, 0) is 0 Å². The van der Waals surface area contributed by atoms with Crippen molar-refractivity contribution in [1.29, 1.82) is 0 Å². The van der Waals surface area contributed by atoms with E-state index in [4.69, 9.17) is 0 Å². The van der Waals surface area contributed by atoms with Gasteiger partial charge in [-0.2, -0.15) is 11.8 Å². The number of piperidine rings is 1. The molecule has 2 rings (SSSR count). The Bertz CT molecular complexity index is 192. The highest BCUT2D eigenvalue weighted by Gasteiger charge is 2.17. The number of rotatable bonds is 4. The Kier molecular flexibility index (Phi) is 5.46. The lowest BCUT2D eigenvalue weighted by atomic mass is 9.94. The predicted octanol–water partition coefficient (Wildman–Crippen LogP) is 2.20. The average molecular weight is 242 g/mol. The minimum atomic E-state index is 0.852. The quantitative estimate of drug-likeness (QED) is 0.814. The minimum Gasteiger partial charge on any atom is -0.316 e. The van der Waals surface area contributed by atoms with Crippen molar-refractivity contribution in [3.05, 3.63) is 0 Å². The van der Waals surface area contributed by atoms with Gasteiger partial charge >= 0.3 is 0 Å². The molecule has 2 aliphatic heterocycles. The summed E-state index contributed by atoms with van der Waals surface area (Å²) >= 11 is 2.13. The van der Waals surface area contributed by atoms with Crippen LogP contribution in [0.3, 0.4) is 0 Å². The van der Waals surface area contributed by atoms with Gasteiger partial charge in [-0.25, -0.2) is 0 Å². The van der Waals surface area contributed by atoms with Gasteiger partial charge in [0, 0.05) is 24.1 Å². The summed E-state index contributed by atoms with van der Waals surface area (Å²) in [6.45, 7) is 8.85. The van der Waals surface area contributed by atoms with Gasteiger partial charge in [-0.15, -0.1) is 0 Å². The number of nitrogens with zero attached hydrogens (tertiary/aromatic N) is 1. The molecule has 0 aromatic rings. The van der Waals surface area contributed by atoms with E-state index in [2.05, 4.69) is 28.9 Å². The molecule has 0 radical (unpaired) electrons. The molecule has 2 aliphatic rings. The van der Waals surface area contributed by atoms with Crippen molar-refractivity contribution in [2.45, 2.75) is 37.9 Å². The highest BCUT2D eigenvalue weighted by molar-refractivity contribution is 7.99. The molecule has 0 aliphatic carbocycles. The lowest BCUT2D eigenvalue weighted by molar-refractivity contribution is 0.262. The van der Waals surface area contributed by atoms with E-state index in [9.17, 15) is 0 Å². The van der Waals surface area contributed by atoms with Crippen LogP contribution in [0.15, 0.2) is 0 Å². The van der Waals surface area contributed by atoms with E-state index in [-0.39, 0.29) is 0 Å². The molecule has 94 valence electrons. The summed E-state index contributed by atoms with van der Waals surface area (Å²) in [5.41, 5.74) is 0. The fraction of sp³-hybridized carbons (Fsp3) is 1.00. The van der Waals surface area contributed by atoms with Gasteiger partial charge in [0.2, 0.25) is 0 Å². The van der Waals surface area contributed by atoms with Crippen molar-refractivity contribution in [3.8, 4) is 0 Å². The number of hydrogen-bond acceptors (Lipinski definition) is 3. The van der Waals surface area contributed by atoms with E-state index >= 15 is 0 Å². The Morgan fingerprint density at radius 1 is 1.44 bits per heavy atom. The normalized spacial score (nSPS) is 32.8. The molecule has 2 fully saturated rings. The van der Waals surface area contributed by atoms with E-state index < -0.39 is 0 Å². The van der Waals surface area contributed by atoms with Gasteiger partial charge in [-0.1, -0.05) is 6.92 Å². The van der Waals surface area contributed by atoms with Crippen LogP contribution in [-0.4, -0.2) is 48.6 Å². The predicted molar refractivity (Wildman–Crippen MR) is 73.2 cm³/mol.